The monoisotopic (exact) mass is 266 g/mol. The average Bonchev–Trinajstić information content (AvgIpc) is 3.02. The van der Waals surface area contributed by atoms with Crippen molar-refractivity contribution in [3.05, 3.63) is 12.7 Å². The fourth-order valence-corrected chi connectivity index (χ4v) is 3.64. The highest BCUT2D eigenvalue weighted by atomic mass is 16.3. The Balaban J connectivity index is 1.97. The van der Waals surface area contributed by atoms with E-state index in [-0.39, 0.29) is 18.1 Å². The summed E-state index contributed by atoms with van der Waals surface area (Å²) in [5, 5.41) is 13.0. The van der Waals surface area contributed by atoms with Crippen molar-refractivity contribution in [3.63, 3.8) is 0 Å². The molecule has 19 heavy (non-hydrogen) atoms. The fraction of sp³-hybridized carbons (Fsp3) is 0.800. The topological polar surface area (TPSA) is 52.6 Å². The van der Waals surface area contributed by atoms with Gasteiger partial charge in [-0.1, -0.05) is 12.5 Å². The van der Waals surface area contributed by atoms with Crippen LogP contribution in [0.3, 0.4) is 0 Å². The highest BCUT2D eigenvalue weighted by Gasteiger charge is 2.41. The second kappa shape index (κ2) is 6.53. The normalized spacial score (nSPS) is 33.3. The summed E-state index contributed by atoms with van der Waals surface area (Å²) < 4.78 is 0. The molecule has 4 nitrogen and oxygen atoms in total. The summed E-state index contributed by atoms with van der Waals surface area (Å²) in [4.78, 5) is 14.4. The average molecular weight is 266 g/mol. The molecule has 4 unspecified atom stereocenters. The third-order valence-corrected chi connectivity index (χ3v) is 4.67. The van der Waals surface area contributed by atoms with E-state index in [9.17, 15) is 9.90 Å². The number of carbonyl (C=O) groups excluding carboxylic acids is 1. The van der Waals surface area contributed by atoms with Crippen LogP contribution in [0, 0.1) is 5.92 Å². The van der Waals surface area contributed by atoms with Crippen molar-refractivity contribution in [2.24, 2.45) is 5.92 Å². The molecule has 2 aliphatic rings. The highest BCUT2D eigenvalue weighted by molar-refractivity contribution is 5.81. The van der Waals surface area contributed by atoms with Gasteiger partial charge in [-0.25, -0.2) is 0 Å². The number of nitrogens with zero attached hydrogens (tertiary/aromatic N) is 1. The molecule has 0 aromatic rings. The molecule has 1 amide bonds. The van der Waals surface area contributed by atoms with Gasteiger partial charge in [0, 0.05) is 18.5 Å². The van der Waals surface area contributed by atoms with Crippen LogP contribution in [0.4, 0.5) is 0 Å². The lowest BCUT2D eigenvalue weighted by Gasteiger charge is -2.34. The van der Waals surface area contributed by atoms with Crippen molar-refractivity contribution >= 4 is 5.91 Å². The van der Waals surface area contributed by atoms with Gasteiger partial charge in [0.2, 0.25) is 5.91 Å². The van der Waals surface area contributed by atoms with E-state index in [4.69, 9.17) is 0 Å². The predicted octanol–water partition coefficient (Wildman–Crippen LogP) is 1.30. The van der Waals surface area contributed by atoms with Gasteiger partial charge in [0.25, 0.3) is 0 Å². The van der Waals surface area contributed by atoms with Gasteiger partial charge in [-0.05, 0) is 39.2 Å². The smallest absolute Gasteiger partial charge is 0.237 e. The lowest BCUT2D eigenvalue weighted by molar-refractivity contribution is -0.126. The van der Waals surface area contributed by atoms with Crippen LogP contribution < -0.4 is 5.32 Å². The Labute approximate surface area is 115 Å². The number of aliphatic hydroxyl groups excluding tert-OH is 1. The Hall–Kier alpha value is -0.870. The second-order valence-corrected chi connectivity index (χ2v) is 5.82. The van der Waals surface area contributed by atoms with E-state index in [2.05, 4.69) is 16.8 Å². The van der Waals surface area contributed by atoms with E-state index in [0.29, 0.717) is 18.5 Å². The van der Waals surface area contributed by atoms with Crippen molar-refractivity contribution in [2.75, 3.05) is 13.1 Å². The Bertz CT molecular complexity index is 332. The van der Waals surface area contributed by atoms with Crippen molar-refractivity contribution in [1.82, 2.24) is 10.2 Å². The van der Waals surface area contributed by atoms with Gasteiger partial charge in [-0.3, -0.25) is 9.69 Å². The van der Waals surface area contributed by atoms with Gasteiger partial charge < -0.3 is 10.4 Å². The van der Waals surface area contributed by atoms with E-state index >= 15 is 0 Å². The molecular formula is C15H26N2O2. The van der Waals surface area contributed by atoms with Gasteiger partial charge in [0.15, 0.2) is 0 Å². The second-order valence-electron chi connectivity index (χ2n) is 5.82. The maximum absolute atomic E-state index is 12.1. The van der Waals surface area contributed by atoms with E-state index < -0.39 is 0 Å². The molecule has 2 N–H and O–H groups in total. The number of hydrogen-bond donors (Lipinski definition) is 2. The molecule has 1 saturated carbocycles. The highest BCUT2D eigenvalue weighted by Crippen LogP contribution is 2.36. The maximum Gasteiger partial charge on any atom is 0.237 e. The van der Waals surface area contributed by atoms with Gasteiger partial charge in [0.1, 0.15) is 0 Å². The molecule has 0 spiro atoms. The number of nitrogens with one attached hydrogen (secondary N) is 1. The summed E-state index contributed by atoms with van der Waals surface area (Å²) in [6, 6.07) is 0.266. The summed E-state index contributed by atoms with van der Waals surface area (Å²) >= 11 is 0. The number of aliphatic hydroxyl groups is 1. The lowest BCUT2D eigenvalue weighted by atomic mass is 9.93. The molecule has 0 aromatic carbocycles. The van der Waals surface area contributed by atoms with E-state index in [1.807, 2.05) is 6.92 Å². The molecule has 4 atom stereocenters. The Morgan fingerprint density at radius 3 is 2.89 bits per heavy atom. The standard InChI is InChI=1S/C15H26N2O2/c1-3-9-16-15(19)11(2)17-10-5-7-13(17)12-6-4-8-14(12)18/h3,11-14,18H,1,4-10H2,2H3,(H,16,19). The largest absolute Gasteiger partial charge is 0.393 e. The number of rotatable bonds is 5. The Kier molecular flexibility index (Phi) is 4.99. The zero-order valence-electron chi connectivity index (χ0n) is 11.8. The number of amides is 1. The zero-order valence-corrected chi connectivity index (χ0v) is 11.8. The summed E-state index contributed by atoms with van der Waals surface area (Å²) in [5.74, 6) is 0.427. The van der Waals surface area contributed by atoms with Crippen molar-refractivity contribution in [1.29, 1.82) is 0 Å². The van der Waals surface area contributed by atoms with Crippen molar-refractivity contribution in [2.45, 2.75) is 57.2 Å². The molecule has 1 saturated heterocycles. The number of hydrogen-bond acceptors (Lipinski definition) is 3. The predicted molar refractivity (Wildman–Crippen MR) is 75.7 cm³/mol. The molecule has 0 aromatic heterocycles. The Morgan fingerprint density at radius 2 is 2.26 bits per heavy atom. The minimum absolute atomic E-state index is 0.0688. The maximum atomic E-state index is 12.1. The van der Waals surface area contributed by atoms with E-state index in [0.717, 1.165) is 38.6 Å². The fourth-order valence-electron chi connectivity index (χ4n) is 3.64. The van der Waals surface area contributed by atoms with Crippen LogP contribution in [0.1, 0.15) is 39.0 Å². The molecule has 1 aliphatic carbocycles. The molecular weight excluding hydrogens is 240 g/mol. The van der Waals surface area contributed by atoms with E-state index in [1.54, 1.807) is 6.08 Å². The minimum Gasteiger partial charge on any atom is -0.393 e. The third kappa shape index (κ3) is 3.18. The molecule has 4 heteroatoms. The van der Waals surface area contributed by atoms with Crippen LogP contribution in [0.25, 0.3) is 0 Å². The number of likely N-dealkylation sites (tertiary alicyclic amines) is 1. The quantitative estimate of drug-likeness (QED) is 0.738. The first-order valence-electron chi connectivity index (χ1n) is 7.47. The molecule has 2 rings (SSSR count). The molecule has 1 heterocycles. The van der Waals surface area contributed by atoms with E-state index in [1.165, 1.54) is 0 Å². The first-order valence-corrected chi connectivity index (χ1v) is 7.47. The SMILES string of the molecule is C=CCNC(=O)C(C)N1CCCC1C1CCCC1O. The van der Waals surface area contributed by atoms with Crippen molar-refractivity contribution in [3.8, 4) is 0 Å². The van der Waals surface area contributed by atoms with Crippen LogP contribution in [0.15, 0.2) is 12.7 Å². The Morgan fingerprint density at radius 1 is 1.47 bits per heavy atom. The third-order valence-electron chi connectivity index (χ3n) is 4.67. The first kappa shape index (κ1) is 14.5. The van der Waals surface area contributed by atoms with Crippen LogP contribution in [0.2, 0.25) is 0 Å². The lowest BCUT2D eigenvalue weighted by Crippen LogP contribution is -2.50. The van der Waals surface area contributed by atoms with Crippen LogP contribution in [-0.2, 0) is 4.79 Å². The molecule has 1 aliphatic heterocycles. The van der Waals surface area contributed by atoms with Gasteiger partial charge in [0.05, 0.1) is 12.1 Å². The summed E-state index contributed by atoms with van der Waals surface area (Å²) in [6.07, 6.45) is 6.91. The van der Waals surface area contributed by atoms with Gasteiger partial charge in [-0.2, -0.15) is 0 Å². The zero-order chi connectivity index (χ0) is 13.8. The van der Waals surface area contributed by atoms with Gasteiger partial charge in [-0.15, -0.1) is 6.58 Å². The minimum atomic E-state index is -0.172. The molecule has 2 fully saturated rings. The molecule has 0 radical (unpaired) electrons. The van der Waals surface area contributed by atoms with Crippen LogP contribution in [-0.4, -0.2) is 47.2 Å². The number of carbonyl (C=O) groups is 1. The summed E-state index contributed by atoms with van der Waals surface area (Å²) in [7, 11) is 0. The first-order chi connectivity index (χ1) is 9.15. The molecule has 0 bridgehead atoms. The van der Waals surface area contributed by atoms with Crippen LogP contribution in [0.5, 0.6) is 0 Å². The summed E-state index contributed by atoms with van der Waals surface area (Å²) in [5.41, 5.74) is 0. The van der Waals surface area contributed by atoms with Crippen molar-refractivity contribution < 1.29 is 9.90 Å². The van der Waals surface area contributed by atoms with Gasteiger partial charge >= 0.3 is 0 Å². The molecule has 108 valence electrons. The summed E-state index contributed by atoms with van der Waals surface area (Å²) in [6.45, 7) is 7.08. The van der Waals surface area contributed by atoms with Crippen LogP contribution >= 0.6 is 0 Å².